The Morgan fingerprint density at radius 2 is 1.63 bits per heavy atom. The molecule has 4 heteroatoms. The molecule has 132 valence electrons. The molecule has 1 N–H and O–H groups in total. The molecular weight excluding hydrogens is 334 g/mol. The van der Waals surface area contributed by atoms with E-state index >= 15 is 0 Å². The molecule has 0 aliphatic heterocycles. The molecule has 0 saturated carbocycles. The molecule has 1 aliphatic rings. The predicted molar refractivity (Wildman–Crippen MR) is 105 cm³/mol. The molecule has 4 rings (SSSR count). The Morgan fingerprint density at radius 1 is 0.963 bits per heavy atom. The van der Waals surface area contributed by atoms with E-state index in [2.05, 4.69) is 16.4 Å². The standard InChI is InChI=1S/C23H19N3O/c24-15-19-21(16-9-3-1-4-10-16)18-13-7-8-14-20(18)25-22(19)26-23(27)17-11-5-2-6-12-17/h1-6,9-12H,7-8,13-14H2,(H,25,26,27). The number of aryl methyl sites for hydroxylation is 1. The van der Waals surface area contributed by atoms with E-state index in [-0.39, 0.29) is 5.91 Å². The van der Waals surface area contributed by atoms with Crippen LogP contribution in [0.2, 0.25) is 0 Å². The summed E-state index contributed by atoms with van der Waals surface area (Å²) in [6, 6.07) is 21.2. The van der Waals surface area contributed by atoms with E-state index in [1.165, 1.54) is 0 Å². The zero-order valence-electron chi connectivity index (χ0n) is 14.9. The van der Waals surface area contributed by atoms with Crippen molar-refractivity contribution < 1.29 is 4.79 Å². The van der Waals surface area contributed by atoms with Crippen LogP contribution in [0.5, 0.6) is 0 Å². The minimum Gasteiger partial charge on any atom is -0.305 e. The first kappa shape index (κ1) is 17.0. The summed E-state index contributed by atoms with van der Waals surface area (Å²) < 4.78 is 0. The summed E-state index contributed by atoms with van der Waals surface area (Å²) in [5.41, 5.74) is 5.01. The third-order valence-corrected chi connectivity index (χ3v) is 4.92. The zero-order chi connectivity index (χ0) is 18.6. The highest BCUT2D eigenvalue weighted by Gasteiger charge is 2.23. The number of nitriles is 1. The molecule has 2 aromatic carbocycles. The predicted octanol–water partition coefficient (Wildman–Crippen LogP) is 4.75. The van der Waals surface area contributed by atoms with Gasteiger partial charge in [-0.1, -0.05) is 48.5 Å². The molecule has 1 heterocycles. The quantitative estimate of drug-likeness (QED) is 0.739. The van der Waals surface area contributed by atoms with Gasteiger partial charge in [-0.15, -0.1) is 0 Å². The van der Waals surface area contributed by atoms with Crippen LogP contribution in [0.4, 0.5) is 5.82 Å². The van der Waals surface area contributed by atoms with Crippen LogP contribution in [-0.4, -0.2) is 10.9 Å². The van der Waals surface area contributed by atoms with Crippen molar-refractivity contribution in [3.8, 4) is 17.2 Å². The van der Waals surface area contributed by atoms with Crippen molar-refractivity contribution in [1.29, 1.82) is 5.26 Å². The third-order valence-electron chi connectivity index (χ3n) is 4.92. The lowest BCUT2D eigenvalue weighted by atomic mass is 9.86. The SMILES string of the molecule is N#Cc1c(NC(=O)c2ccccc2)nc2c(c1-c1ccccc1)CCCC2. The first-order valence-electron chi connectivity index (χ1n) is 9.15. The Bertz CT molecular complexity index is 1020. The molecule has 0 atom stereocenters. The van der Waals surface area contributed by atoms with Gasteiger partial charge in [0.1, 0.15) is 11.6 Å². The van der Waals surface area contributed by atoms with E-state index in [9.17, 15) is 10.1 Å². The lowest BCUT2D eigenvalue weighted by Crippen LogP contribution is -2.17. The number of aromatic nitrogens is 1. The van der Waals surface area contributed by atoms with Gasteiger partial charge in [0.25, 0.3) is 5.91 Å². The molecule has 1 aromatic heterocycles. The largest absolute Gasteiger partial charge is 0.305 e. The van der Waals surface area contributed by atoms with Crippen molar-refractivity contribution in [2.75, 3.05) is 5.32 Å². The van der Waals surface area contributed by atoms with Crippen LogP contribution >= 0.6 is 0 Å². The van der Waals surface area contributed by atoms with Gasteiger partial charge in [-0.05, 0) is 48.9 Å². The number of carbonyl (C=O) groups is 1. The maximum atomic E-state index is 12.6. The third kappa shape index (κ3) is 3.32. The Balaban J connectivity index is 1.85. The van der Waals surface area contributed by atoms with Gasteiger partial charge in [-0.3, -0.25) is 4.79 Å². The molecule has 1 aliphatic carbocycles. The molecule has 0 fully saturated rings. The lowest BCUT2D eigenvalue weighted by Gasteiger charge is -2.22. The van der Waals surface area contributed by atoms with Crippen molar-refractivity contribution in [3.05, 3.63) is 83.0 Å². The van der Waals surface area contributed by atoms with Gasteiger partial charge < -0.3 is 5.32 Å². The van der Waals surface area contributed by atoms with Crippen LogP contribution in [0.25, 0.3) is 11.1 Å². The van der Waals surface area contributed by atoms with Crippen LogP contribution in [0.15, 0.2) is 60.7 Å². The average molecular weight is 353 g/mol. The van der Waals surface area contributed by atoms with E-state index < -0.39 is 0 Å². The number of amides is 1. The summed E-state index contributed by atoms with van der Waals surface area (Å²) in [6.07, 6.45) is 3.95. The summed E-state index contributed by atoms with van der Waals surface area (Å²) in [7, 11) is 0. The second-order valence-corrected chi connectivity index (χ2v) is 6.64. The van der Waals surface area contributed by atoms with Crippen LogP contribution in [0, 0.1) is 11.3 Å². The van der Waals surface area contributed by atoms with Crippen molar-refractivity contribution in [2.24, 2.45) is 0 Å². The Kier molecular flexibility index (Phi) is 4.67. The van der Waals surface area contributed by atoms with Crippen molar-refractivity contribution in [3.63, 3.8) is 0 Å². The molecule has 0 radical (unpaired) electrons. The second kappa shape index (κ2) is 7.43. The molecule has 1 amide bonds. The number of benzene rings is 2. The maximum absolute atomic E-state index is 12.6. The summed E-state index contributed by atoms with van der Waals surface area (Å²) in [5, 5.41) is 12.8. The molecule has 3 aromatic rings. The highest BCUT2D eigenvalue weighted by Crippen LogP contribution is 2.36. The lowest BCUT2D eigenvalue weighted by molar-refractivity contribution is 0.102. The fourth-order valence-electron chi connectivity index (χ4n) is 3.63. The number of nitrogens with one attached hydrogen (secondary N) is 1. The van der Waals surface area contributed by atoms with Crippen molar-refractivity contribution >= 4 is 11.7 Å². The molecule has 0 bridgehead atoms. The normalized spacial score (nSPS) is 12.7. The van der Waals surface area contributed by atoms with E-state index in [1.54, 1.807) is 12.1 Å². The van der Waals surface area contributed by atoms with E-state index in [1.807, 2.05) is 48.5 Å². The van der Waals surface area contributed by atoms with Gasteiger partial charge in [-0.2, -0.15) is 5.26 Å². The van der Waals surface area contributed by atoms with Gasteiger partial charge in [0, 0.05) is 16.8 Å². The number of carbonyl (C=O) groups excluding carboxylic acids is 1. The maximum Gasteiger partial charge on any atom is 0.256 e. The monoisotopic (exact) mass is 353 g/mol. The molecular formula is C23H19N3O. The minimum absolute atomic E-state index is 0.255. The van der Waals surface area contributed by atoms with Crippen LogP contribution in [-0.2, 0) is 12.8 Å². The second-order valence-electron chi connectivity index (χ2n) is 6.64. The molecule has 0 unspecified atom stereocenters. The summed E-state index contributed by atoms with van der Waals surface area (Å²) >= 11 is 0. The Morgan fingerprint density at radius 3 is 2.33 bits per heavy atom. The van der Waals surface area contributed by atoms with E-state index in [4.69, 9.17) is 0 Å². The fraction of sp³-hybridized carbons (Fsp3) is 0.174. The smallest absolute Gasteiger partial charge is 0.256 e. The number of fused-ring (bicyclic) bond motifs is 1. The molecule has 27 heavy (non-hydrogen) atoms. The summed E-state index contributed by atoms with van der Waals surface area (Å²) in [5.74, 6) is 0.0974. The first-order chi connectivity index (χ1) is 13.3. The number of pyridine rings is 1. The van der Waals surface area contributed by atoms with Gasteiger partial charge in [0.05, 0.1) is 0 Å². The number of hydrogen-bond acceptors (Lipinski definition) is 3. The van der Waals surface area contributed by atoms with Crippen LogP contribution in [0.3, 0.4) is 0 Å². The summed E-state index contributed by atoms with van der Waals surface area (Å²) in [4.78, 5) is 17.3. The summed E-state index contributed by atoms with van der Waals surface area (Å²) in [6.45, 7) is 0. The Labute approximate surface area is 158 Å². The molecule has 0 spiro atoms. The van der Waals surface area contributed by atoms with Gasteiger partial charge in [0.15, 0.2) is 5.82 Å². The average Bonchev–Trinajstić information content (AvgIpc) is 2.74. The Hall–Kier alpha value is -3.45. The highest BCUT2D eigenvalue weighted by atomic mass is 16.1. The van der Waals surface area contributed by atoms with Crippen LogP contribution < -0.4 is 5.32 Å². The van der Waals surface area contributed by atoms with Crippen molar-refractivity contribution in [1.82, 2.24) is 4.98 Å². The van der Waals surface area contributed by atoms with Crippen LogP contribution in [0.1, 0.15) is 40.0 Å². The number of hydrogen-bond donors (Lipinski definition) is 1. The zero-order valence-corrected chi connectivity index (χ0v) is 14.9. The van der Waals surface area contributed by atoms with Gasteiger partial charge in [-0.25, -0.2) is 4.98 Å². The number of anilines is 1. The van der Waals surface area contributed by atoms with E-state index in [0.717, 1.165) is 48.1 Å². The minimum atomic E-state index is -0.255. The van der Waals surface area contributed by atoms with Gasteiger partial charge in [0.2, 0.25) is 0 Å². The highest BCUT2D eigenvalue weighted by molar-refractivity contribution is 6.05. The van der Waals surface area contributed by atoms with E-state index in [0.29, 0.717) is 16.9 Å². The number of rotatable bonds is 3. The van der Waals surface area contributed by atoms with Gasteiger partial charge >= 0.3 is 0 Å². The van der Waals surface area contributed by atoms with Crippen molar-refractivity contribution in [2.45, 2.75) is 25.7 Å². The number of nitrogens with zero attached hydrogens (tertiary/aromatic N) is 2. The first-order valence-corrected chi connectivity index (χ1v) is 9.15. The molecule has 4 nitrogen and oxygen atoms in total. The fourth-order valence-corrected chi connectivity index (χ4v) is 3.63. The molecule has 0 saturated heterocycles. The topological polar surface area (TPSA) is 65.8 Å².